The monoisotopic (exact) mass is 213 g/mol. The van der Waals surface area contributed by atoms with Gasteiger partial charge in [0.1, 0.15) is 6.04 Å². The van der Waals surface area contributed by atoms with Gasteiger partial charge in [0.15, 0.2) is 5.96 Å². The van der Waals surface area contributed by atoms with Crippen LogP contribution < -0.4 is 11.1 Å². The van der Waals surface area contributed by atoms with Gasteiger partial charge in [-0.15, -0.1) is 0 Å². The maximum absolute atomic E-state index is 10.4. The molecule has 14 heavy (non-hydrogen) atoms. The molecule has 0 unspecified atom stereocenters. The first-order chi connectivity index (χ1) is 5.93. The van der Waals surface area contributed by atoms with Gasteiger partial charge in [0.2, 0.25) is 0 Å². The summed E-state index contributed by atoms with van der Waals surface area (Å²) in [4.78, 5) is 20.5. The molecule has 0 aromatic rings. The van der Waals surface area contributed by atoms with Gasteiger partial charge in [-0.05, 0) is 6.42 Å². The number of guanidine groups is 1. The molecule has 0 aromatic heterocycles. The quantitative estimate of drug-likeness (QED) is 0.206. The fourth-order valence-corrected chi connectivity index (χ4v) is 0.713. The average Bonchev–Trinajstić information content (AvgIpc) is 1.96. The van der Waals surface area contributed by atoms with E-state index in [2.05, 4.69) is 5.32 Å². The van der Waals surface area contributed by atoms with Crippen LogP contribution in [0, 0.1) is 5.41 Å². The Hall–Kier alpha value is -0.790. The van der Waals surface area contributed by atoms with Crippen molar-refractivity contribution in [2.75, 3.05) is 0 Å². The number of nitrogens with two attached hydrogens (primary N) is 1. The number of hydrogen-bond donors (Lipinski definition) is 5. The summed E-state index contributed by atoms with van der Waals surface area (Å²) in [6, 6.07) is -1.12. The molecular weight excluding hydrogens is 201 g/mol. The van der Waals surface area contributed by atoms with Gasteiger partial charge in [-0.2, -0.15) is 0 Å². The Balaban J connectivity index is 0. The predicted octanol–water partition coefficient (Wildman–Crippen LogP) is -1.86. The summed E-state index contributed by atoms with van der Waals surface area (Å²) >= 11 is 0. The molecule has 0 aliphatic heterocycles. The second-order valence-electron chi connectivity index (χ2n) is 2.38. The third-order valence-corrected chi connectivity index (χ3v) is 1.27. The molecular formula is C6H12N3NaO4. The average molecular weight is 213 g/mol. The van der Waals surface area contributed by atoms with Crippen molar-refractivity contribution in [3.63, 3.8) is 0 Å². The van der Waals surface area contributed by atoms with Crippen LogP contribution in [0.25, 0.3) is 0 Å². The molecule has 0 bridgehead atoms. The molecule has 1 atom stereocenters. The maximum atomic E-state index is 10.4. The number of carboxylic acid groups (broad SMARTS) is 2. The summed E-state index contributed by atoms with van der Waals surface area (Å²) in [5.41, 5.74) is 4.90. The number of hydrogen-bond acceptors (Lipinski definition) is 3. The zero-order chi connectivity index (χ0) is 10.4. The Bertz CT molecular complexity index is 233. The number of nitrogens with one attached hydrogen (secondary N) is 2. The van der Waals surface area contributed by atoms with Gasteiger partial charge in [-0.3, -0.25) is 10.2 Å². The molecule has 0 saturated carbocycles. The first-order valence-corrected chi connectivity index (χ1v) is 3.48. The molecule has 0 radical (unpaired) electrons. The van der Waals surface area contributed by atoms with Gasteiger partial charge >= 0.3 is 41.5 Å². The van der Waals surface area contributed by atoms with Crippen molar-refractivity contribution >= 4 is 47.5 Å². The van der Waals surface area contributed by atoms with Crippen LogP contribution in [0.3, 0.4) is 0 Å². The van der Waals surface area contributed by atoms with E-state index in [9.17, 15) is 9.59 Å². The molecule has 6 N–H and O–H groups in total. The van der Waals surface area contributed by atoms with Gasteiger partial charge < -0.3 is 21.3 Å². The number of rotatable bonds is 5. The molecule has 0 aliphatic carbocycles. The second-order valence-corrected chi connectivity index (χ2v) is 2.38. The van der Waals surface area contributed by atoms with E-state index >= 15 is 0 Å². The van der Waals surface area contributed by atoms with Crippen molar-refractivity contribution in [1.29, 1.82) is 5.41 Å². The zero-order valence-electron chi connectivity index (χ0n) is 6.78. The molecule has 0 fully saturated rings. The minimum atomic E-state index is -1.23. The molecule has 76 valence electrons. The summed E-state index contributed by atoms with van der Waals surface area (Å²) in [5, 5.41) is 25.7. The van der Waals surface area contributed by atoms with Crippen LogP contribution >= 0.6 is 0 Å². The van der Waals surface area contributed by atoms with Crippen LogP contribution in [0.15, 0.2) is 0 Å². The molecule has 0 amide bonds. The van der Waals surface area contributed by atoms with Crippen molar-refractivity contribution in [2.24, 2.45) is 5.73 Å². The van der Waals surface area contributed by atoms with E-state index < -0.39 is 23.9 Å². The Morgan fingerprint density at radius 3 is 2.21 bits per heavy atom. The summed E-state index contributed by atoms with van der Waals surface area (Å²) in [5.74, 6) is -2.80. The number of carboxylic acids is 2. The summed E-state index contributed by atoms with van der Waals surface area (Å²) in [6.07, 6.45) is -0.387. The van der Waals surface area contributed by atoms with Gasteiger partial charge in [-0.1, -0.05) is 0 Å². The summed E-state index contributed by atoms with van der Waals surface area (Å²) in [6.45, 7) is 0. The Labute approximate surface area is 102 Å². The molecule has 0 aromatic carbocycles. The summed E-state index contributed by atoms with van der Waals surface area (Å²) in [7, 11) is 0. The molecule has 0 rings (SSSR count). The van der Waals surface area contributed by atoms with E-state index in [1.807, 2.05) is 0 Å². The normalized spacial score (nSPS) is 10.9. The fourth-order valence-electron chi connectivity index (χ4n) is 0.713. The topological polar surface area (TPSA) is 136 Å². The van der Waals surface area contributed by atoms with Crippen molar-refractivity contribution < 1.29 is 19.8 Å². The Kier molecular flexibility index (Phi) is 8.51. The van der Waals surface area contributed by atoms with E-state index in [0.29, 0.717) is 0 Å². The van der Waals surface area contributed by atoms with Crippen molar-refractivity contribution in [2.45, 2.75) is 18.9 Å². The van der Waals surface area contributed by atoms with Crippen LogP contribution in [0.1, 0.15) is 12.8 Å². The van der Waals surface area contributed by atoms with E-state index in [1.165, 1.54) is 0 Å². The van der Waals surface area contributed by atoms with Gasteiger partial charge in [0.25, 0.3) is 0 Å². The van der Waals surface area contributed by atoms with Crippen LogP contribution in [0.2, 0.25) is 0 Å². The van der Waals surface area contributed by atoms with E-state index in [4.69, 9.17) is 21.4 Å². The van der Waals surface area contributed by atoms with Crippen LogP contribution in [-0.2, 0) is 9.59 Å². The van der Waals surface area contributed by atoms with Crippen molar-refractivity contribution in [1.82, 2.24) is 5.32 Å². The zero-order valence-corrected chi connectivity index (χ0v) is 6.78. The fraction of sp³-hybridized carbons (Fsp3) is 0.500. The van der Waals surface area contributed by atoms with E-state index in [-0.39, 0.29) is 42.4 Å². The van der Waals surface area contributed by atoms with Crippen LogP contribution in [0.4, 0.5) is 0 Å². The van der Waals surface area contributed by atoms with Crippen LogP contribution in [-0.4, -0.2) is 63.7 Å². The molecule has 0 heterocycles. The molecule has 0 aliphatic rings. The number of aliphatic carboxylic acids is 2. The predicted molar refractivity (Wildman–Crippen MR) is 50.5 cm³/mol. The van der Waals surface area contributed by atoms with Gasteiger partial charge in [0.05, 0.1) is 0 Å². The Morgan fingerprint density at radius 1 is 1.43 bits per heavy atom. The first-order valence-electron chi connectivity index (χ1n) is 3.48. The number of carbonyl (C=O) groups is 2. The van der Waals surface area contributed by atoms with E-state index in [1.54, 1.807) is 0 Å². The third kappa shape index (κ3) is 7.84. The summed E-state index contributed by atoms with van der Waals surface area (Å²) < 4.78 is 0. The standard InChI is InChI=1S/C6H11N3O4.Na.H/c7-6(8)9-3(5(12)13)1-2-4(10)11;;/h3H,1-2H2,(H,10,11)(H,12,13)(H4,7,8,9);;/t3-;;/m1../s1. The van der Waals surface area contributed by atoms with Gasteiger partial charge in [0, 0.05) is 6.42 Å². The molecule has 0 spiro atoms. The van der Waals surface area contributed by atoms with Crippen LogP contribution in [0.5, 0.6) is 0 Å². The molecule has 0 saturated heterocycles. The second kappa shape index (κ2) is 7.60. The van der Waals surface area contributed by atoms with Gasteiger partial charge in [-0.25, -0.2) is 4.79 Å². The van der Waals surface area contributed by atoms with Crippen molar-refractivity contribution in [3.05, 3.63) is 0 Å². The third-order valence-electron chi connectivity index (χ3n) is 1.27. The minimum absolute atomic E-state index is 0. The Morgan fingerprint density at radius 2 is 1.93 bits per heavy atom. The van der Waals surface area contributed by atoms with Crippen molar-refractivity contribution in [3.8, 4) is 0 Å². The molecule has 8 heteroatoms. The SMILES string of the molecule is N=C(N)N[C@H](CCC(=O)O)C(=O)O.[NaH]. The first kappa shape index (κ1) is 15.7. The van der Waals surface area contributed by atoms with E-state index in [0.717, 1.165) is 0 Å². The molecule has 7 nitrogen and oxygen atoms in total.